The van der Waals surface area contributed by atoms with Crippen LogP contribution in [0, 0.1) is 5.82 Å². The summed E-state index contributed by atoms with van der Waals surface area (Å²) in [6.45, 7) is -0.994. The van der Waals surface area contributed by atoms with Gasteiger partial charge in [0.2, 0.25) is 0 Å². The number of hydrogen-bond acceptors (Lipinski definition) is 4. The van der Waals surface area contributed by atoms with Gasteiger partial charge in [-0.05, 0) is 29.8 Å². The number of nitrogens with zero attached hydrogens (tertiary/aromatic N) is 1. The number of carbonyl (C=O) groups is 1. The standard InChI is InChI=1S/C18H18Cl2FNO4/c1-22(7-11-2-3-15(19)16(20)4-11)17(25)10-26-18-12(8-23)5-14(21)6-13(18)9-24/h2-6,23-24H,7-10H2,1H3. The van der Waals surface area contributed by atoms with Crippen molar-refractivity contribution in [1.29, 1.82) is 0 Å². The summed E-state index contributed by atoms with van der Waals surface area (Å²) in [7, 11) is 1.60. The molecule has 0 saturated carbocycles. The Kier molecular flexibility index (Phi) is 7.23. The molecular formula is C18H18Cl2FNO4. The summed E-state index contributed by atoms with van der Waals surface area (Å²) in [5, 5.41) is 19.5. The molecule has 2 N–H and O–H groups in total. The van der Waals surface area contributed by atoms with Crippen LogP contribution in [0.5, 0.6) is 5.75 Å². The molecule has 0 bridgehead atoms. The zero-order valence-corrected chi connectivity index (χ0v) is 15.5. The topological polar surface area (TPSA) is 70.0 Å². The van der Waals surface area contributed by atoms with Crippen molar-refractivity contribution in [3.8, 4) is 5.75 Å². The van der Waals surface area contributed by atoms with E-state index in [1.165, 1.54) is 4.90 Å². The summed E-state index contributed by atoms with van der Waals surface area (Å²) < 4.78 is 18.9. The second-order valence-corrected chi connectivity index (χ2v) is 6.47. The maximum Gasteiger partial charge on any atom is 0.260 e. The van der Waals surface area contributed by atoms with Crippen LogP contribution < -0.4 is 4.74 Å². The lowest BCUT2D eigenvalue weighted by atomic mass is 10.1. The molecule has 0 heterocycles. The smallest absolute Gasteiger partial charge is 0.260 e. The first kappa shape index (κ1) is 20.5. The average Bonchev–Trinajstić information content (AvgIpc) is 2.62. The molecule has 26 heavy (non-hydrogen) atoms. The van der Waals surface area contributed by atoms with E-state index in [0.29, 0.717) is 16.6 Å². The number of aliphatic hydroxyl groups is 2. The lowest BCUT2D eigenvalue weighted by Gasteiger charge is -2.19. The van der Waals surface area contributed by atoms with Crippen LogP contribution in [0.15, 0.2) is 30.3 Å². The molecule has 0 aliphatic heterocycles. The number of likely N-dealkylation sites (N-methyl/N-ethyl adjacent to an activating group) is 1. The number of halogens is 3. The van der Waals surface area contributed by atoms with Crippen molar-refractivity contribution in [2.75, 3.05) is 13.7 Å². The number of carbonyl (C=O) groups excluding carboxylic acids is 1. The molecule has 0 spiro atoms. The van der Waals surface area contributed by atoms with Crippen LogP contribution in [0.1, 0.15) is 16.7 Å². The Morgan fingerprint density at radius 3 is 2.27 bits per heavy atom. The van der Waals surface area contributed by atoms with Crippen molar-refractivity contribution in [3.05, 3.63) is 62.9 Å². The van der Waals surface area contributed by atoms with Crippen molar-refractivity contribution in [2.24, 2.45) is 0 Å². The minimum Gasteiger partial charge on any atom is -0.483 e. The fourth-order valence-electron chi connectivity index (χ4n) is 2.38. The van der Waals surface area contributed by atoms with Crippen LogP contribution in [0.2, 0.25) is 10.0 Å². The quantitative estimate of drug-likeness (QED) is 0.747. The fraction of sp³-hybridized carbons (Fsp3) is 0.278. The second kappa shape index (κ2) is 9.19. The van der Waals surface area contributed by atoms with Crippen LogP contribution >= 0.6 is 23.2 Å². The van der Waals surface area contributed by atoms with Gasteiger partial charge in [-0.3, -0.25) is 4.79 Å². The van der Waals surface area contributed by atoms with Crippen molar-refractivity contribution in [3.63, 3.8) is 0 Å². The normalized spacial score (nSPS) is 10.7. The first-order valence-corrected chi connectivity index (χ1v) is 8.45. The highest BCUT2D eigenvalue weighted by Gasteiger charge is 2.16. The van der Waals surface area contributed by atoms with E-state index in [1.54, 1.807) is 25.2 Å². The Hall–Kier alpha value is -1.86. The van der Waals surface area contributed by atoms with Gasteiger partial charge in [0.15, 0.2) is 6.61 Å². The number of rotatable bonds is 7. The van der Waals surface area contributed by atoms with Crippen LogP contribution in [0.25, 0.3) is 0 Å². The first-order chi connectivity index (χ1) is 12.3. The summed E-state index contributed by atoms with van der Waals surface area (Å²) in [5.41, 5.74) is 1.12. The summed E-state index contributed by atoms with van der Waals surface area (Å²) in [6.07, 6.45) is 0. The molecule has 1 amide bonds. The molecule has 0 fully saturated rings. The second-order valence-electron chi connectivity index (χ2n) is 5.66. The molecule has 2 aromatic carbocycles. The Bertz CT molecular complexity index is 776. The maximum absolute atomic E-state index is 13.4. The maximum atomic E-state index is 13.4. The molecular weight excluding hydrogens is 384 g/mol. The molecule has 0 aliphatic carbocycles. The van der Waals surface area contributed by atoms with E-state index in [1.807, 2.05) is 0 Å². The monoisotopic (exact) mass is 401 g/mol. The molecule has 0 aliphatic rings. The van der Waals surface area contributed by atoms with Crippen molar-refractivity contribution < 1.29 is 24.1 Å². The van der Waals surface area contributed by atoms with E-state index in [4.69, 9.17) is 27.9 Å². The van der Waals surface area contributed by atoms with Gasteiger partial charge in [0.1, 0.15) is 11.6 Å². The van der Waals surface area contributed by atoms with E-state index >= 15 is 0 Å². The molecule has 0 aromatic heterocycles. The van der Waals surface area contributed by atoms with Crippen molar-refractivity contribution >= 4 is 29.1 Å². The van der Waals surface area contributed by atoms with Gasteiger partial charge in [0, 0.05) is 24.7 Å². The Morgan fingerprint density at radius 2 is 1.73 bits per heavy atom. The summed E-state index contributed by atoms with van der Waals surface area (Å²) in [6, 6.07) is 7.26. The highest BCUT2D eigenvalue weighted by Crippen LogP contribution is 2.26. The molecule has 5 nitrogen and oxygen atoms in total. The lowest BCUT2D eigenvalue weighted by Crippen LogP contribution is -2.31. The van der Waals surface area contributed by atoms with E-state index < -0.39 is 19.0 Å². The van der Waals surface area contributed by atoms with E-state index in [2.05, 4.69) is 0 Å². The highest BCUT2D eigenvalue weighted by molar-refractivity contribution is 6.42. The number of ether oxygens (including phenoxy) is 1. The van der Waals surface area contributed by atoms with E-state index in [0.717, 1.165) is 17.7 Å². The predicted octanol–water partition coefficient (Wildman–Crippen LogP) is 3.15. The van der Waals surface area contributed by atoms with Crippen LogP contribution in [-0.2, 0) is 24.6 Å². The third-order valence-electron chi connectivity index (χ3n) is 3.72. The van der Waals surface area contributed by atoms with Crippen molar-refractivity contribution in [1.82, 2.24) is 4.90 Å². The van der Waals surface area contributed by atoms with Crippen LogP contribution in [0.3, 0.4) is 0 Å². The molecule has 8 heteroatoms. The zero-order chi connectivity index (χ0) is 19.3. The minimum absolute atomic E-state index is 0.104. The number of aliphatic hydroxyl groups excluding tert-OH is 2. The highest BCUT2D eigenvalue weighted by atomic mass is 35.5. The van der Waals surface area contributed by atoms with Gasteiger partial charge in [-0.1, -0.05) is 29.3 Å². The zero-order valence-electron chi connectivity index (χ0n) is 14.0. The van der Waals surface area contributed by atoms with E-state index in [-0.39, 0.29) is 29.4 Å². The molecule has 0 saturated heterocycles. The molecule has 2 rings (SSSR count). The third kappa shape index (κ3) is 5.08. The molecule has 0 radical (unpaired) electrons. The Labute approximate surface area is 160 Å². The number of hydrogen-bond donors (Lipinski definition) is 2. The minimum atomic E-state index is -0.603. The van der Waals surface area contributed by atoms with E-state index in [9.17, 15) is 19.4 Å². The summed E-state index contributed by atoms with van der Waals surface area (Å²) >= 11 is 11.8. The fourth-order valence-corrected chi connectivity index (χ4v) is 2.70. The molecule has 0 unspecified atom stereocenters. The predicted molar refractivity (Wildman–Crippen MR) is 96.7 cm³/mol. The van der Waals surface area contributed by atoms with Gasteiger partial charge in [-0.15, -0.1) is 0 Å². The van der Waals surface area contributed by atoms with Gasteiger partial charge in [0.05, 0.1) is 23.3 Å². The molecule has 0 atom stereocenters. The van der Waals surface area contributed by atoms with Gasteiger partial charge in [0.25, 0.3) is 5.91 Å². The van der Waals surface area contributed by atoms with Crippen LogP contribution in [0.4, 0.5) is 4.39 Å². The Balaban J connectivity index is 2.05. The molecule has 140 valence electrons. The van der Waals surface area contributed by atoms with Crippen molar-refractivity contribution in [2.45, 2.75) is 19.8 Å². The third-order valence-corrected chi connectivity index (χ3v) is 4.46. The number of benzene rings is 2. The van der Waals surface area contributed by atoms with Crippen LogP contribution in [-0.4, -0.2) is 34.7 Å². The Morgan fingerprint density at radius 1 is 1.12 bits per heavy atom. The number of amides is 1. The summed E-state index contributed by atoms with van der Waals surface area (Å²) in [5.74, 6) is -0.839. The average molecular weight is 402 g/mol. The summed E-state index contributed by atoms with van der Waals surface area (Å²) in [4.78, 5) is 13.7. The SMILES string of the molecule is CN(Cc1ccc(Cl)c(Cl)c1)C(=O)COc1c(CO)cc(F)cc1CO. The van der Waals surface area contributed by atoms with Gasteiger partial charge < -0.3 is 19.8 Å². The van der Waals surface area contributed by atoms with Gasteiger partial charge in [-0.2, -0.15) is 0 Å². The molecule has 2 aromatic rings. The van der Waals surface area contributed by atoms with Gasteiger partial charge >= 0.3 is 0 Å². The lowest BCUT2D eigenvalue weighted by molar-refractivity contribution is -0.132. The largest absolute Gasteiger partial charge is 0.483 e. The first-order valence-electron chi connectivity index (χ1n) is 7.69. The van der Waals surface area contributed by atoms with Gasteiger partial charge in [-0.25, -0.2) is 4.39 Å².